The van der Waals surface area contributed by atoms with E-state index in [0.29, 0.717) is 27.1 Å². The zero-order chi connectivity index (χ0) is 46.2. The fraction of sp³-hybridized carbons (Fsp3) is 1.00. The molecule has 0 aromatic carbocycles. The molecule has 1 saturated heterocycles. The summed E-state index contributed by atoms with van der Waals surface area (Å²) in [6, 6.07) is 7.98. The summed E-state index contributed by atoms with van der Waals surface area (Å²) in [6.45, 7) is 84.9. The van der Waals surface area contributed by atoms with E-state index in [1.54, 1.807) is 24.2 Å². The third kappa shape index (κ3) is 7.96. The first kappa shape index (κ1) is 59.0. The minimum atomic E-state index is -1.07. The highest BCUT2D eigenvalue weighted by atomic mass is 30.2. The van der Waals surface area contributed by atoms with Gasteiger partial charge in [-0.3, -0.25) is 0 Å². The molecule has 1 saturated carbocycles. The molecule has 0 aromatic heterocycles. The van der Waals surface area contributed by atoms with Crippen LogP contribution in [-0.4, -0.2) is 110 Å². The molecule has 0 N–H and O–H groups in total. The molecule has 0 unspecified atom stereocenters. The predicted octanol–water partition coefficient (Wildman–Crippen LogP) is 12.4. The van der Waals surface area contributed by atoms with Gasteiger partial charge in [-0.2, -0.15) is 0 Å². The monoisotopic (exact) mass is 1010 g/mol. The number of rotatable bonds is 10. The Labute approximate surface area is 376 Å². The van der Waals surface area contributed by atoms with Crippen LogP contribution < -0.4 is 0 Å². The van der Waals surface area contributed by atoms with Gasteiger partial charge < -0.3 is 0 Å². The molecule has 1 heterocycles. The molecule has 56 heavy (non-hydrogen) atoms. The fourth-order valence-corrected chi connectivity index (χ4v) is 450. The summed E-state index contributed by atoms with van der Waals surface area (Å²) in [7, 11) is -5.90. The maximum atomic E-state index is 2.94. The lowest BCUT2D eigenvalue weighted by Crippen LogP contribution is -3.01. The Morgan fingerprint density at radius 3 is 0.857 bits per heavy atom. The Morgan fingerprint density at radius 2 is 0.643 bits per heavy atom. The average Bonchev–Trinajstić information content (AvgIpc) is 2.98. The molecule has 2 fully saturated rings. The normalized spacial score (nSPS) is 26.4. The molecule has 0 spiro atoms. The summed E-state index contributed by atoms with van der Waals surface area (Å²) in [5, 5.41) is 0. The topological polar surface area (TPSA) is 0 Å². The summed E-state index contributed by atoms with van der Waals surface area (Å²) >= 11 is 0. The fourth-order valence-electron chi connectivity index (χ4n) is 17.7. The van der Waals surface area contributed by atoms with Crippen molar-refractivity contribution in [1.82, 2.24) is 0 Å². The van der Waals surface area contributed by atoms with E-state index in [9.17, 15) is 0 Å². The van der Waals surface area contributed by atoms with Gasteiger partial charge >= 0.3 is 0 Å². The summed E-state index contributed by atoms with van der Waals surface area (Å²) < 4.78 is 0. The van der Waals surface area contributed by atoms with Crippen molar-refractivity contribution in [3.63, 3.8) is 0 Å². The highest BCUT2D eigenvalue weighted by Crippen LogP contribution is 2.79. The van der Waals surface area contributed by atoms with E-state index >= 15 is 0 Å². The van der Waals surface area contributed by atoms with Crippen LogP contribution in [0.25, 0.3) is 0 Å². The molecule has 0 bridgehead atoms. The average molecular weight is 1010 g/mol. The van der Waals surface area contributed by atoms with Gasteiger partial charge in [-0.05, 0) is 33.5 Å². The van der Waals surface area contributed by atoms with Crippen molar-refractivity contribution in [2.45, 2.75) is 243 Å². The summed E-state index contributed by atoms with van der Waals surface area (Å²) in [4.78, 5) is 0. The van der Waals surface area contributed by atoms with Crippen molar-refractivity contribution in [1.29, 1.82) is 0 Å². The molecule has 0 amide bonds. The molecular formula is C42H114Si14. The van der Waals surface area contributed by atoms with E-state index in [4.69, 9.17) is 0 Å². The van der Waals surface area contributed by atoms with Crippen molar-refractivity contribution in [2.24, 2.45) is 27.1 Å². The third-order valence-corrected chi connectivity index (χ3v) is 298. The van der Waals surface area contributed by atoms with Crippen molar-refractivity contribution in [3.8, 4) is 0 Å². The Hall–Kier alpha value is 3.04. The molecule has 0 atom stereocenters. The SMILES string of the molecule is CC1(C)C(C)(C)C(C)(C)C(C)(CC[SiH3])C1(C)C.C[Si](C)(C)[Si]([Si](C)(C)C)([Si](C)(C)C)[Si](C)(C)CC[SiH3].C[Si]1(C)[Si](C)(C)[Si](C)(C)[Si](C)(CC[SiH3])[Si](C)(C)[Si]1(C)C. The van der Waals surface area contributed by atoms with Gasteiger partial charge in [0.1, 0.15) is 0 Å². The zero-order valence-electron chi connectivity index (χ0n) is 46.2. The minimum Gasteiger partial charge on any atom is -0.0735 e. The molecule has 0 radical (unpaired) electrons. The second kappa shape index (κ2) is 17.1. The van der Waals surface area contributed by atoms with Crippen LogP contribution >= 0.6 is 0 Å². The van der Waals surface area contributed by atoms with Crippen molar-refractivity contribution >= 4 is 110 Å². The highest BCUT2D eigenvalue weighted by Gasteiger charge is 2.77. The van der Waals surface area contributed by atoms with E-state index in [-0.39, 0.29) is 0 Å². The Balaban J connectivity index is 0.000000813. The Bertz CT molecular complexity index is 1240. The summed E-state index contributed by atoms with van der Waals surface area (Å²) in [6.07, 6.45) is 0.324. The van der Waals surface area contributed by atoms with Crippen molar-refractivity contribution in [3.05, 3.63) is 0 Å². The standard InChI is InChI=1S/C16H34Si.C13H40Si7.C13H40Si6/c1-12(2)13(3,4)15(7,8)16(9,10-11-17)14(12,5)6;1-15(2)16(3,4)18(7,8)20(11,13-12-14)19(9,10)17(15,5)6;1-15(2,3)19(16(4,5)6,17(7,8)9)18(10,11)13-12-14/h10-11H2,1-9,17H3;12-13H2,1-11,14H3;12-13H2,1-11,14H3. The Kier molecular flexibility index (Phi) is 18.0. The van der Waals surface area contributed by atoms with E-state index < -0.39 is 79.2 Å². The lowest BCUT2D eigenvalue weighted by molar-refractivity contribution is -0.00936. The zero-order valence-corrected chi connectivity index (χ0v) is 63.2. The lowest BCUT2D eigenvalue weighted by atomic mass is 9.55. The van der Waals surface area contributed by atoms with Crippen LogP contribution in [0.2, 0.25) is 174 Å². The summed E-state index contributed by atoms with van der Waals surface area (Å²) in [5.41, 5.74) is 1.95. The summed E-state index contributed by atoms with van der Waals surface area (Å²) in [5.74, 6) is 0. The van der Waals surface area contributed by atoms with Gasteiger partial charge in [0.25, 0.3) is 0 Å². The molecule has 0 aromatic rings. The third-order valence-electron chi connectivity index (χ3n) is 23.2. The second-order valence-corrected chi connectivity index (χ2v) is 159. The Morgan fingerprint density at radius 1 is 0.375 bits per heavy atom. The molecule has 338 valence electrons. The molecule has 1 aliphatic heterocycles. The van der Waals surface area contributed by atoms with Gasteiger partial charge in [0.05, 0.1) is 0 Å². The smallest absolute Gasteiger partial charge is 0.0342 e. The molecule has 1 aliphatic carbocycles. The van der Waals surface area contributed by atoms with Gasteiger partial charge in [-0.1, -0.05) is 237 Å². The van der Waals surface area contributed by atoms with Crippen LogP contribution in [0.4, 0.5) is 0 Å². The van der Waals surface area contributed by atoms with Crippen molar-refractivity contribution < 1.29 is 0 Å². The van der Waals surface area contributed by atoms with Gasteiger partial charge in [-0.25, -0.2) is 0 Å². The highest BCUT2D eigenvalue weighted by molar-refractivity contribution is 8.13. The van der Waals surface area contributed by atoms with Gasteiger partial charge in [-0.15, -0.1) is 0 Å². The second-order valence-electron chi connectivity index (χ2n) is 28.9. The molecule has 2 rings (SSSR count). The van der Waals surface area contributed by atoms with E-state index in [1.807, 2.05) is 0 Å². The minimum absolute atomic E-state index is 0.370. The van der Waals surface area contributed by atoms with Crippen LogP contribution in [-0.2, 0) is 0 Å². The van der Waals surface area contributed by atoms with E-state index in [2.05, 4.69) is 206 Å². The lowest BCUT2D eigenvalue weighted by Gasteiger charge is -2.73. The van der Waals surface area contributed by atoms with Crippen LogP contribution in [0.1, 0.15) is 68.7 Å². The maximum Gasteiger partial charge on any atom is 0.0342 e. The van der Waals surface area contributed by atoms with Crippen molar-refractivity contribution in [2.75, 3.05) is 0 Å². The number of hydrogen-bond acceptors (Lipinski definition) is 0. The van der Waals surface area contributed by atoms with Crippen LogP contribution in [0, 0.1) is 27.1 Å². The molecular weight excluding hydrogens is 898 g/mol. The van der Waals surface area contributed by atoms with E-state index in [0.717, 1.165) is 0 Å². The first-order valence-electron chi connectivity index (χ1n) is 23.9. The quantitative estimate of drug-likeness (QED) is 0.191. The van der Waals surface area contributed by atoms with E-state index in [1.165, 1.54) is 43.2 Å². The molecule has 14 heteroatoms. The van der Waals surface area contributed by atoms with Gasteiger partial charge in [0.15, 0.2) is 0 Å². The van der Waals surface area contributed by atoms with Crippen LogP contribution in [0.15, 0.2) is 0 Å². The number of hydrogen-bond donors (Lipinski definition) is 0. The first-order chi connectivity index (χ1) is 23.9. The van der Waals surface area contributed by atoms with Crippen LogP contribution in [0.3, 0.4) is 0 Å². The van der Waals surface area contributed by atoms with Crippen LogP contribution in [0.5, 0.6) is 0 Å². The molecule has 2 aliphatic rings. The molecule has 0 nitrogen and oxygen atoms in total. The van der Waals surface area contributed by atoms with Gasteiger partial charge in [0, 0.05) is 110 Å². The largest absolute Gasteiger partial charge is 0.0735 e. The maximum absolute atomic E-state index is 2.94. The predicted molar refractivity (Wildman–Crippen MR) is 314 cm³/mol. The first-order valence-corrected chi connectivity index (χ1v) is 71.6. The van der Waals surface area contributed by atoms with Gasteiger partial charge in [0.2, 0.25) is 0 Å².